The zero-order valence-corrected chi connectivity index (χ0v) is 12.8. The Bertz CT molecular complexity index is 518. The van der Waals surface area contributed by atoms with Gasteiger partial charge in [-0.3, -0.25) is 4.98 Å². The molecular weight excluding hydrogens is 266 g/mol. The number of rotatable bonds is 5. The number of benzene rings is 1. The maximum Gasteiger partial charge on any atom is 0.161 e. The summed E-state index contributed by atoms with van der Waals surface area (Å²) in [5.41, 5.74) is 7.59. The van der Waals surface area contributed by atoms with Gasteiger partial charge in [-0.05, 0) is 36.9 Å². The van der Waals surface area contributed by atoms with Crippen molar-refractivity contribution in [1.82, 2.24) is 10.3 Å². The average molecular weight is 289 g/mol. The Hall–Kier alpha value is -2.11. The zero-order valence-electron chi connectivity index (χ0n) is 12.8. The molecule has 21 heavy (non-hydrogen) atoms. The van der Waals surface area contributed by atoms with Crippen molar-refractivity contribution in [1.29, 1.82) is 0 Å². The standard InChI is InChI=1S/C9H13NO2.C7H10N2/c1-11-8-4-3-7(6-10)5-9(8)12-2;1-8-6-7-4-2-3-5-9-7/h3-5H,6,10H2,1-2H3;2-5,8H,6H2,1H3. The van der Waals surface area contributed by atoms with Crippen LogP contribution in [0.1, 0.15) is 11.3 Å². The summed E-state index contributed by atoms with van der Waals surface area (Å²) >= 11 is 0. The first-order valence-corrected chi connectivity index (χ1v) is 6.70. The Balaban J connectivity index is 0.000000219. The Kier molecular flexibility index (Phi) is 7.86. The predicted molar refractivity (Wildman–Crippen MR) is 84.4 cm³/mol. The van der Waals surface area contributed by atoms with Crippen LogP contribution in [0, 0.1) is 0 Å². The third-order valence-corrected chi connectivity index (χ3v) is 2.77. The van der Waals surface area contributed by atoms with E-state index < -0.39 is 0 Å². The van der Waals surface area contributed by atoms with E-state index >= 15 is 0 Å². The van der Waals surface area contributed by atoms with Crippen LogP contribution in [0.4, 0.5) is 0 Å². The summed E-state index contributed by atoms with van der Waals surface area (Å²) in [6.45, 7) is 1.36. The molecule has 0 spiro atoms. The van der Waals surface area contributed by atoms with E-state index in [0.717, 1.165) is 29.3 Å². The Labute approximate surface area is 126 Å². The first-order valence-electron chi connectivity index (χ1n) is 6.70. The number of methoxy groups -OCH3 is 2. The fraction of sp³-hybridized carbons (Fsp3) is 0.312. The molecule has 1 heterocycles. The molecule has 0 bridgehead atoms. The van der Waals surface area contributed by atoms with E-state index in [-0.39, 0.29) is 0 Å². The topological polar surface area (TPSA) is 69.4 Å². The molecule has 0 aliphatic rings. The summed E-state index contributed by atoms with van der Waals surface area (Å²) in [4.78, 5) is 4.11. The Morgan fingerprint density at radius 3 is 2.38 bits per heavy atom. The Morgan fingerprint density at radius 1 is 1.10 bits per heavy atom. The minimum absolute atomic E-state index is 0.514. The molecule has 1 aromatic heterocycles. The van der Waals surface area contributed by atoms with Crippen molar-refractivity contribution in [2.45, 2.75) is 13.1 Å². The lowest BCUT2D eigenvalue weighted by Crippen LogP contribution is -2.05. The van der Waals surface area contributed by atoms with Crippen LogP contribution < -0.4 is 20.5 Å². The van der Waals surface area contributed by atoms with Gasteiger partial charge in [0, 0.05) is 19.3 Å². The zero-order chi connectivity index (χ0) is 15.5. The molecular formula is C16H23N3O2. The van der Waals surface area contributed by atoms with Gasteiger partial charge in [-0.25, -0.2) is 0 Å². The van der Waals surface area contributed by atoms with Crippen LogP contribution in [-0.2, 0) is 13.1 Å². The van der Waals surface area contributed by atoms with E-state index in [1.165, 1.54) is 0 Å². The van der Waals surface area contributed by atoms with Gasteiger partial charge >= 0.3 is 0 Å². The number of ether oxygens (including phenoxy) is 2. The van der Waals surface area contributed by atoms with Gasteiger partial charge in [0.05, 0.1) is 19.9 Å². The van der Waals surface area contributed by atoms with Gasteiger partial charge in [0.15, 0.2) is 11.5 Å². The van der Waals surface area contributed by atoms with Crippen LogP contribution in [0.15, 0.2) is 42.6 Å². The molecule has 0 atom stereocenters. The van der Waals surface area contributed by atoms with Gasteiger partial charge in [0.1, 0.15) is 0 Å². The summed E-state index contributed by atoms with van der Waals surface area (Å²) < 4.78 is 10.2. The largest absolute Gasteiger partial charge is 0.493 e. The summed E-state index contributed by atoms with van der Waals surface area (Å²) in [6, 6.07) is 11.5. The molecule has 0 saturated heterocycles. The molecule has 0 radical (unpaired) electrons. The van der Waals surface area contributed by atoms with Crippen LogP contribution in [0.2, 0.25) is 0 Å². The van der Waals surface area contributed by atoms with Gasteiger partial charge < -0.3 is 20.5 Å². The number of nitrogens with one attached hydrogen (secondary N) is 1. The summed E-state index contributed by atoms with van der Waals surface area (Å²) in [6.07, 6.45) is 1.80. The second kappa shape index (κ2) is 9.74. The maximum atomic E-state index is 5.47. The van der Waals surface area contributed by atoms with E-state index in [1.54, 1.807) is 20.4 Å². The van der Waals surface area contributed by atoms with Crippen molar-refractivity contribution in [3.63, 3.8) is 0 Å². The van der Waals surface area contributed by atoms with Crippen LogP contribution in [0.5, 0.6) is 11.5 Å². The minimum atomic E-state index is 0.514. The molecule has 0 aliphatic heterocycles. The lowest BCUT2D eigenvalue weighted by molar-refractivity contribution is 0.354. The average Bonchev–Trinajstić information content (AvgIpc) is 2.56. The molecule has 0 aliphatic carbocycles. The highest BCUT2D eigenvalue weighted by molar-refractivity contribution is 5.42. The molecule has 3 N–H and O–H groups in total. The van der Waals surface area contributed by atoms with Crippen LogP contribution in [-0.4, -0.2) is 26.3 Å². The smallest absolute Gasteiger partial charge is 0.161 e. The number of nitrogens with zero attached hydrogens (tertiary/aromatic N) is 1. The molecule has 2 rings (SSSR count). The van der Waals surface area contributed by atoms with Crippen molar-refractivity contribution >= 4 is 0 Å². The number of nitrogens with two attached hydrogens (primary N) is 1. The molecule has 5 heteroatoms. The normalized spacial score (nSPS) is 9.52. The van der Waals surface area contributed by atoms with Crippen LogP contribution >= 0.6 is 0 Å². The summed E-state index contributed by atoms with van der Waals surface area (Å²) in [5.74, 6) is 1.45. The number of pyridine rings is 1. The highest BCUT2D eigenvalue weighted by Crippen LogP contribution is 2.27. The molecule has 0 amide bonds. The molecule has 2 aromatic rings. The molecule has 5 nitrogen and oxygen atoms in total. The van der Waals surface area contributed by atoms with Crippen molar-refractivity contribution < 1.29 is 9.47 Å². The lowest BCUT2D eigenvalue weighted by atomic mass is 10.2. The predicted octanol–water partition coefficient (Wildman–Crippen LogP) is 1.96. The summed E-state index contributed by atoms with van der Waals surface area (Å²) in [5, 5.41) is 3.02. The lowest BCUT2D eigenvalue weighted by Gasteiger charge is -2.07. The van der Waals surface area contributed by atoms with Crippen LogP contribution in [0.25, 0.3) is 0 Å². The molecule has 0 unspecified atom stereocenters. The molecule has 0 fully saturated rings. The van der Waals surface area contributed by atoms with E-state index in [9.17, 15) is 0 Å². The molecule has 1 aromatic carbocycles. The second-order valence-corrected chi connectivity index (χ2v) is 4.24. The van der Waals surface area contributed by atoms with Gasteiger partial charge in [-0.1, -0.05) is 12.1 Å². The first kappa shape index (κ1) is 16.9. The van der Waals surface area contributed by atoms with E-state index in [0.29, 0.717) is 6.54 Å². The number of aromatic nitrogens is 1. The summed E-state index contributed by atoms with van der Waals surface area (Å²) in [7, 11) is 5.13. The van der Waals surface area contributed by atoms with Gasteiger partial charge in [0.2, 0.25) is 0 Å². The van der Waals surface area contributed by atoms with Crippen molar-refractivity contribution in [2.75, 3.05) is 21.3 Å². The number of hydrogen-bond acceptors (Lipinski definition) is 5. The van der Waals surface area contributed by atoms with Gasteiger partial charge in [-0.15, -0.1) is 0 Å². The highest BCUT2D eigenvalue weighted by atomic mass is 16.5. The Morgan fingerprint density at radius 2 is 1.86 bits per heavy atom. The highest BCUT2D eigenvalue weighted by Gasteiger charge is 2.02. The fourth-order valence-corrected chi connectivity index (χ4v) is 1.69. The van der Waals surface area contributed by atoms with Gasteiger partial charge in [-0.2, -0.15) is 0 Å². The fourth-order valence-electron chi connectivity index (χ4n) is 1.69. The van der Waals surface area contributed by atoms with Crippen molar-refractivity contribution in [3.8, 4) is 11.5 Å². The van der Waals surface area contributed by atoms with Crippen molar-refractivity contribution in [3.05, 3.63) is 53.9 Å². The monoisotopic (exact) mass is 289 g/mol. The SMILES string of the molecule is CNCc1ccccn1.COc1ccc(CN)cc1OC. The first-order chi connectivity index (χ1) is 10.2. The van der Waals surface area contributed by atoms with E-state index in [1.807, 2.05) is 43.4 Å². The third kappa shape index (κ3) is 5.81. The minimum Gasteiger partial charge on any atom is -0.493 e. The maximum absolute atomic E-state index is 5.47. The van der Waals surface area contributed by atoms with Crippen LogP contribution in [0.3, 0.4) is 0 Å². The van der Waals surface area contributed by atoms with E-state index in [4.69, 9.17) is 15.2 Å². The quantitative estimate of drug-likeness (QED) is 0.880. The van der Waals surface area contributed by atoms with Crippen molar-refractivity contribution in [2.24, 2.45) is 5.73 Å². The number of hydrogen-bond donors (Lipinski definition) is 2. The third-order valence-electron chi connectivity index (χ3n) is 2.77. The molecule has 0 saturated carbocycles. The molecule has 114 valence electrons. The van der Waals surface area contributed by atoms with E-state index in [2.05, 4.69) is 10.3 Å². The second-order valence-electron chi connectivity index (χ2n) is 4.24. The van der Waals surface area contributed by atoms with Gasteiger partial charge in [0.25, 0.3) is 0 Å².